The molecule has 0 aromatic carbocycles. The fourth-order valence-corrected chi connectivity index (χ4v) is 2.21. The van der Waals surface area contributed by atoms with E-state index in [1.165, 1.54) is 11.8 Å². The van der Waals surface area contributed by atoms with Crippen LogP contribution in [0.4, 0.5) is 0 Å². The molecule has 0 aromatic rings. The molecule has 1 amide bonds. The van der Waals surface area contributed by atoms with Crippen LogP contribution < -0.4 is 0 Å². The summed E-state index contributed by atoms with van der Waals surface area (Å²) >= 11 is 0. The van der Waals surface area contributed by atoms with E-state index >= 15 is 0 Å². The van der Waals surface area contributed by atoms with Crippen LogP contribution in [0.1, 0.15) is 27.2 Å². The van der Waals surface area contributed by atoms with E-state index in [0.29, 0.717) is 12.0 Å². The average Bonchev–Trinajstić information content (AvgIpc) is 2.26. The number of carboxylic acid groups (broad SMARTS) is 1. The Balaban J connectivity index is 3.11. The van der Waals surface area contributed by atoms with E-state index in [0.717, 1.165) is 0 Å². The van der Waals surface area contributed by atoms with Gasteiger partial charge in [0.1, 0.15) is 0 Å². The Hall–Kier alpha value is -1.58. The molecular weight excluding hydrogens is 218 g/mol. The van der Waals surface area contributed by atoms with E-state index < -0.39 is 11.5 Å². The summed E-state index contributed by atoms with van der Waals surface area (Å²) in [7, 11) is 0. The highest BCUT2D eigenvalue weighted by Gasteiger charge is 2.55. The van der Waals surface area contributed by atoms with Gasteiger partial charge in [0, 0.05) is 6.04 Å². The summed E-state index contributed by atoms with van der Waals surface area (Å²) in [4.78, 5) is 24.7. The number of carbonyl (C=O) groups excluding carboxylic acids is 1. The van der Waals surface area contributed by atoms with Crippen LogP contribution in [0.15, 0.2) is 24.8 Å². The maximum absolute atomic E-state index is 11.9. The molecule has 17 heavy (non-hydrogen) atoms. The molecular formula is C13H19NO3. The second-order valence-electron chi connectivity index (χ2n) is 4.75. The lowest BCUT2D eigenvalue weighted by molar-refractivity contribution is -0.175. The van der Waals surface area contributed by atoms with Crippen molar-refractivity contribution in [3.8, 4) is 0 Å². The predicted octanol–water partition coefficient (Wildman–Crippen LogP) is 1.83. The van der Waals surface area contributed by atoms with Gasteiger partial charge in [-0.3, -0.25) is 4.79 Å². The molecule has 4 heteroatoms. The number of aliphatic carboxylic acids is 1. The highest BCUT2D eigenvalue weighted by Crippen LogP contribution is 2.39. The lowest BCUT2D eigenvalue weighted by atomic mass is 9.78. The summed E-state index contributed by atoms with van der Waals surface area (Å²) in [5.41, 5.74) is -0.864. The average molecular weight is 237 g/mol. The lowest BCUT2D eigenvalue weighted by Gasteiger charge is -2.53. The molecule has 0 radical (unpaired) electrons. The number of carbonyl (C=O) groups is 2. The van der Waals surface area contributed by atoms with Gasteiger partial charge in [0.15, 0.2) is 5.54 Å². The molecule has 4 nitrogen and oxygen atoms in total. The molecule has 0 bridgehead atoms. The van der Waals surface area contributed by atoms with Gasteiger partial charge in [0.25, 0.3) is 0 Å². The van der Waals surface area contributed by atoms with Gasteiger partial charge in [-0.2, -0.15) is 0 Å². The standard InChI is InChI=1S/C13H19NO3/c1-6-7-10-9(4)11(15)14(10)13(5,8(2)3)12(16)17/h6,9-10H,1-2,7H2,3-5H3,(H,16,17)/t9-,10+,13?/m0/s1. The molecule has 3 atom stereocenters. The van der Waals surface area contributed by atoms with E-state index in [2.05, 4.69) is 13.2 Å². The first-order valence-corrected chi connectivity index (χ1v) is 5.61. The van der Waals surface area contributed by atoms with Gasteiger partial charge < -0.3 is 10.0 Å². The summed E-state index contributed by atoms with van der Waals surface area (Å²) in [5, 5.41) is 9.35. The van der Waals surface area contributed by atoms with E-state index in [1.807, 2.05) is 6.92 Å². The number of nitrogens with zero attached hydrogens (tertiary/aromatic N) is 1. The maximum Gasteiger partial charge on any atom is 0.333 e. The number of amides is 1. The highest BCUT2D eigenvalue weighted by atomic mass is 16.4. The molecule has 0 spiro atoms. The number of likely N-dealkylation sites (tertiary alicyclic amines) is 1. The van der Waals surface area contributed by atoms with Gasteiger partial charge in [-0.25, -0.2) is 4.79 Å². The van der Waals surface area contributed by atoms with Gasteiger partial charge >= 0.3 is 5.97 Å². The minimum Gasteiger partial charge on any atom is -0.479 e. The highest BCUT2D eigenvalue weighted by molar-refractivity contribution is 5.94. The van der Waals surface area contributed by atoms with E-state index in [1.54, 1.807) is 13.0 Å². The molecule has 0 aliphatic carbocycles. The van der Waals surface area contributed by atoms with Crippen LogP contribution in [0.2, 0.25) is 0 Å². The molecule has 1 saturated heterocycles. The SMILES string of the molecule is C=CC[C@@H]1[C@H](C)C(=O)N1C(C)(C(=C)C)C(=O)O. The Morgan fingerprint density at radius 2 is 2.18 bits per heavy atom. The first-order valence-electron chi connectivity index (χ1n) is 5.61. The van der Waals surface area contributed by atoms with Crippen molar-refractivity contribution >= 4 is 11.9 Å². The maximum atomic E-state index is 11.9. The molecule has 1 unspecified atom stereocenters. The first-order chi connectivity index (χ1) is 7.78. The number of hydrogen-bond acceptors (Lipinski definition) is 2. The minimum atomic E-state index is -1.32. The molecule has 94 valence electrons. The zero-order valence-electron chi connectivity index (χ0n) is 10.6. The fraction of sp³-hybridized carbons (Fsp3) is 0.538. The number of carboxylic acids is 1. The lowest BCUT2D eigenvalue weighted by Crippen LogP contribution is -2.70. The normalized spacial score (nSPS) is 27.0. The van der Waals surface area contributed by atoms with Gasteiger partial charge in [0.05, 0.1) is 5.92 Å². The smallest absolute Gasteiger partial charge is 0.333 e. The molecule has 1 aliphatic heterocycles. The third kappa shape index (κ3) is 1.77. The summed E-state index contributed by atoms with van der Waals surface area (Å²) in [6.07, 6.45) is 2.31. The molecule has 1 N–H and O–H groups in total. The second-order valence-corrected chi connectivity index (χ2v) is 4.75. The van der Waals surface area contributed by atoms with Gasteiger partial charge in [-0.15, -0.1) is 6.58 Å². The summed E-state index contributed by atoms with van der Waals surface area (Å²) in [6.45, 7) is 12.3. The molecule has 1 aliphatic rings. The summed E-state index contributed by atoms with van der Waals surface area (Å²) in [6, 6.07) is -0.0993. The van der Waals surface area contributed by atoms with Crippen LogP contribution in [-0.2, 0) is 9.59 Å². The molecule has 1 heterocycles. The van der Waals surface area contributed by atoms with Crippen molar-refractivity contribution in [2.45, 2.75) is 38.8 Å². The van der Waals surface area contributed by atoms with Crippen molar-refractivity contribution < 1.29 is 14.7 Å². The number of β-lactam (4-membered cyclic amide) rings is 1. The molecule has 1 rings (SSSR count). The largest absolute Gasteiger partial charge is 0.479 e. The predicted molar refractivity (Wildman–Crippen MR) is 65.5 cm³/mol. The van der Waals surface area contributed by atoms with E-state index in [4.69, 9.17) is 0 Å². The molecule has 1 fully saturated rings. The summed E-state index contributed by atoms with van der Waals surface area (Å²) in [5.74, 6) is -1.32. The third-order valence-corrected chi connectivity index (χ3v) is 3.67. The van der Waals surface area contributed by atoms with E-state index in [-0.39, 0.29) is 17.9 Å². The van der Waals surface area contributed by atoms with Crippen molar-refractivity contribution in [3.05, 3.63) is 24.8 Å². The van der Waals surface area contributed by atoms with Crippen LogP contribution in [0.25, 0.3) is 0 Å². The van der Waals surface area contributed by atoms with Crippen molar-refractivity contribution in [1.82, 2.24) is 4.90 Å². The van der Waals surface area contributed by atoms with Crippen LogP contribution in [0.5, 0.6) is 0 Å². The van der Waals surface area contributed by atoms with Gasteiger partial charge in [0.2, 0.25) is 5.91 Å². The Morgan fingerprint density at radius 1 is 1.65 bits per heavy atom. The Kier molecular flexibility index (Phi) is 3.45. The van der Waals surface area contributed by atoms with Crippen LogP contribution in [0.3, 0.4) is 0 Å². The first kappa shape index (κ1) is 13.5. The number of hydrogen-bond donors (Lipinski definition) is 1. The van der Waals surface area contributed by atoms with Crippen molar-refractivity contribution in [3.63, 3.8) is 0 Å². The zero-order chi connectivity index (χ0) is 13.4. The van der Waals surface area contributed by atoms with E-state index in [9.17, 15) is 14.7 Å². The summed E-state index contributed by atoms with van der Waals surface area (Å²) < 4.78 is 0. The van der Waals surface area contributed by atoms with Gasteiger partial charge in [-0.05, 0) is 25.8 Å². The van der Waals surface area contributed by atoms with Crippen LogP contribution in [-0.4, -0.2) is 33.5 Å². The fourth-order valence-electron chi connectivity index (χ4n) is 2.21. The van der Waals surface area contributed by atoms with Gasteiger partial charge in [-0.1, -0.05) is 19.6 Å². The Bertz CT molecular complexity index is 372. The second kappa shape index (κ2) is 4.35. The monoisotopic (exact) mass is 237 g/mol. The topological polar surface area (TPSA) is 57.6 Å². The Labute approximate surface area is 102 Å². The van der Waals surface area contributed by atoms with Crippen molar-refractivity contribution in [2.24, 2.45) is 5.92 Å². The zero-order valence-corrected chi connectivity index (χ0v) is 10.6. The minimum absolute atomic E-state index is 0.0993. The molecule has 0 saturated carbocycles. The quantitative estimate of drug-likeness (QED) is 0.586. The van der Waals surface area contributed by atoms with Crippen molar-refractivity contribution in [2.75, 3.05) is 0 Å². The van der Waals surface area contributed by atoms with Crippen LogP contribution >= 0.6 is 0 Å². The van der Waals surface area contributed by atoms with Crippen LogP contribution in [0, 0.1) is 5.92 Å². The van der Waals surface area contributed by atoms with Crippen molar-refractivity contribution in [1.29, 1.82) is 0 Å². The molecule has 0 aromatic heterocycles. The number of rotatable bonds is 5. The Morgan fingerprint density at radius 3 is 2.53 bits per heavy atom. The third-order valence-electron chi connectivity index (χ3n) is 3.67.